The lowest BCUT2D eigenvalue weighted by Crippen LogP contribution is -2.09. The second kappa shape index (κ2) is 7.37. The second-order valence-electron chi connectivity index (χ2n) is 5.45. The van der Waals surface area contributed by atoms with Crippen molar-refractivity contribution < 1.29 is 12.8 Å². The average molecular weight is 377 g/mol. The van der Waals surface area contributed by atoms with Gasteiger partial charge in [0, 0.05) is 12.8 Å². The van der Waals surface area contributed by atoms with Crippen molar-refractivity contribution in [1.29, 1.82) is 0 Å². The lowest BCUT2D eigenvalue weighted by molar-refractivity contribution is 0.591. The van der Waals surface area contributed by atoms with Crippen LogP contribution in [0.3, 0.4) is 0 Å². The molecule has 3 aromatic rings. The van der Waals surface area contributed by atoms with Gasteiger partial charge < -0.3 is 4.57 Å². The zero-order valence-corrected chi connectivity index (χ0v) is 15.1. The number of hydrogen-bond donors (Lipinski definition) is 0. The molecule has 1 aromatic heterocycles. The SMILES string of the molecule is Cn1c(CS(=O)(=O)c2ccccc2)nnc1SCc1ccc(F)cc1. The smallest absolute Gasteiger partial charge is 0.191 e. The van der Waals surface area contributed by atoms with Crippen LogP contribution in [0.4, 0.5) is 4.39 Å². The van der Waals surface area contributed by atoms with Gasteiger partial charge in [-0.15, -0.1) is 10.2 Å². The summed E-state index contributed by atoms with van der Waals surface area (Å²) in [4.78, 5) is 0.263. The molecule has 0 bridgehead atoms. The average Bonchev–Trinajstić information content (AvgIpc) is 2.95. The first kappa shape index (κ1) is 17.6. The van der Waals surface area contributed by atoms with E-state index in [1.54, 1.807) is 54.1 Å². The summed E-state index contributed by atoms with van der Waals surface area (Å²) in [6, 6.07) is 14.5. The monoisotopic (exact) mass is 377 g/mol. The fourth-order valence-electron chi connectivity index (χ4n) is 2.21. The Morgan fingerprint density at radius 1 is 1.04 bits per heavy atom. The number of sulfone groups is 1. The molecule has 0 N–H and O–H groups in total. The first-order valence-corrected chi connectivity index (χ1v) is 10.1. The quantitative estimate of drug-likeness (QED) is 0.617. The minimum absolute atomic E-state index is 0.211. The summed E-state index contributed by atoms with van der Waals surface area (Å²) >= 11 is 1.42. The van der Waals surface area contributed by atoms with Crippen molar-refractivity contribution in [1.82, 2.24) is 14.8 Å². The minimum Gasteiger partial charge on any atom is -0.308 e. The summed E-state index contributed by atoms with van der Waals surface area (Å²) in [6.07, 6.45) is 0. The van der Waals surface area contributed by atoms with Gasteiger partial charge in [0.05, 0.1) is 4.90 Å². The lowest BCUT2D eigenvalue weighted by atomic mass is 10.2. The van der Waals surface area contributed by atoms with Crippen LogP contribution >= 0.6 is 11.8 Å². The van der Waals surface area contributed by atoms with E-state index in [0.29, 0.717) is 16.7 Å². The first-order chi connectivity index (χ1) is 12.0. The number of rotatable bonds is 6. The zero-order valence-electron chi connectivity index (χ0n) is 13.5. The molecule has 3 rings (SSSR count). The molecule has 130 valence electrons. The van der Waals surface area contributed by atoms with Crippen molar-refractivity contribution in [3.8, 4) is 0 Å². The fraction of sp³-hybridized carbons (Fsp3) is 0.176. The predicted molar refractivity (Wildman–Crippen MR) is 94.3 cm³/mol. The molecule has 0 saturated heterocycles. The molecular formula is C17H16FN3O2S2. The van der Waals surface area contributed by atoms with Crippen molar-refractivity contribution in [3.63, 3.8) is 0 Å². The summed E-state index contributed by atoms with van der Waals surface area (Å²) in [5.74, 6) is 0.487. The molecule has 0 unspecified atom stereocenters. The molecule has 0 aliphatic carbocycles. The largest absolute Gasteiger partial charge is 0.308 e. The van der Waals surface area contributed by atoms with Crippen LogP contribution in [0.15, 0.2) is 64.6 Å². The molecule has 0 spiro atoms. The third-order valence-electron chi connectivity index (χ3n) is 3.63. The fourth-order valence-corrected chi connectivity index (χ4v) is 4.42. The van der Waals surface area contributed by atoms with E-state index >= 15 is 0 Å². The molecule has 0 atom stereocenters. The Hall–Kier alpha value is -2.19. The molecule has 25 heavy (non-hydrogen) atoms. The van der Waals surface area contributed by atoms with E-state index in [1.165, 1.54) is 23.9 Å². The van der Waals surface area contributed by atoms with E-state index in [4.69, 9.17) is 0 Å². The van der Waals surface area contributed by atoms with Gasteiger partial charge in [-0.05, 0) is 29.8 Å². The Labute approximate surface area is 149 Å². The molecule has 0 aliphatic rings. The molecule has 0 fully saturated rings. The highest BCUT2D eigenvalue weighted by atomic mass is 32.2. The number of benzene rings is 2. The normalized spacial score (nSPS) is 11.6. The molecule has 1 heterocycles. The third kappa shape index (κ3) is 4.26. The summed E-state index contributed by atoms with van der Waals surface area (Å²) in [5.41, 5.74) is 0.952. The van der Waals surface area contributed by atoms with Gasteiger partial charge in [0.1, 0.15) is 17.4 Å². The van der Waals surface area contributed by atoms with Crippen molar-refractivity contribution in [2.24, 2.45) is 7.05 Å². The van der Waals surface area contributed by atoms with Gasteiger partial charge in [-0.1, -0.05) is 42.1 Å². The molecule has 5 nitrogen and oxygen atoms in total. The van der Waals surface area contributed by atoms with Gasteiger partial charge in [-0.3, -0.25) is 0 Å². The summed E-state index contributed by atoms with van der Waals surface area (Å²) < 4.78 is 39.5. The van der Waals surface area contributed by atoms with Crippen LogP contribution in [0.5, 0.6) is 0 Å². The maximum atomic E-state index is 12.9. The lowest BCUT2D eigenvalue weighted by Gasteiger charge is -2.05. The highest BCUT2D eigenvalue weighted by molar-refractivity contribution is 7.98. The molecule has 0 saturated carbocycles. The standard InChI is InChI=1S/C17H16FN3O2S2/c1-21-16(12-25(22,23)15-5-3-2-4-6-15)19-20-17(21)24-11-13-7-9-14(18)10-8-13/h2-10H,11-12H2,1H3. The highest BCUT2D eigenvalue weighted by Crippen LogP contribution is 2.23. The van der Waals surface area contributed by atoms with Gasteiger partial charge in [0.15, 0.2) is 15.0 Å². The van der Waals surface area contributed by atoms with Gasteiger partial charge >= 0.3 is 0 Å². The molecular weight excluding hydrogens is 361 g/mol. The van der Waals surface area contributed by atoms with Crippen LogP contribution < -0.4 is 0 Å². The summed E-state index contributed by atoms with van der Waals surface area (Å²) in [5, 5.41) is 8.68. The van der Waals surface area contributed by atoms with E-state index in [9.17, 15) is 12.8 Å². The zero-order chi connectivity index (χ0) is 17.9. The van der Waals surface area contributed by atoms with E-state index in [0.717, 1.165) is 5.56 Å². The Morgan fingerprint density at radius 3 is 2.40 bits per heavy atom. The molecule has 0 aliphatic heterocycles. The Balaban J connectivity index is 1.72. The van der Waals surface area contributed by atoms with Crippen LogP contribution in [-0.2, 0) is 28.4 Å². The predicted octanol–water partition coefficient (Wildman–Crippen LogP) is 3.22. The maximum Gasteiger partial charge on any atom is 0.191 e. The molecule has 8 heteroatoms. The van der Waals surface area contributed by atoms with Crippen molar-refractivity contribution >= 4 is 21.6 Å². The van der Waals surface area contributed by atoms with E-state index < -0.39 is 9.84 Å². The van der Waals surface area contributed by atoms with Gasteiger partial charge in [-0.2, -0.15) is 0 Å². The van der Waals surface area contributed by atoms with Gasteiger partial charge in [0.25, 0.3) is 0 Å². The third-order valence-corrected chi connectivity index (χ3v) is 6.35. The van der Waals surface area contributed by atoms with Crippen LogP contribution in [0.1, 0.15) is 11.4 Å². The maximum absolute atomic E-state index is 12.9. The van der Waals surface area contributed by atoms with Crippen molar-refractivity contribution in [3.05, 3.63) is 71.8 Å². The molecule has 2 aromatic carbocycles. The molecule has 0 amide bonds. The molecule has 0 radical (unpaired) electrons. The second-order valence-corrected chi connectivity index (χ2v) is 8.38. The van der Waals surface area contributed by atoms with Gasteiger partial charge in [-0.25, -0.2) is 12.8 Å². The number of nitrogens with zero attached hydrogens (tertiary/aromatic N) is 3. The summed E-state index contributed by atoms with van der Waals surface area (Å²) in [7, 11) is -1.73. The summed E-state index contributed by atoms with van der Waals surface area (Å²) in [6.45, 7) is 0. The van der Waals surface area contributed by atoms with Crippen molar-refractivity contribution in [2.45, 2.75) is 21.6 Å². The Morgan fingerprint density at radius 2 is 1.72 bits per heavy atom. The number of halogens is 1. The number of aromatic nitrogens is 3. The van der Waals surface area contributed by atoms with Crippen molar-refractivity contribution in [2.75, 3.05) is 0 Å². The van der Waals surface area contributed by atoms with Crippen LogP contribution in [0, 0.1) is 5.82 Å². The van der Waals surface area contributed by atoms with Gasteiger partial charge in [0.2, 0.25) is 0 Å². The van der Waals surface area contributed by atoms with E-state index in [1.807, 2.05) is 0 Å². The topological polar surface area (TPSA) is 64.8 Å². The number of thioether (sulfide) groups is 1. The highest BCUT2D eigenvalue weighted by Gasteiger charge is 2.20. The minimum atomic E-state index is -3.47. The Bertz CT molecular complexity index is 955. The van der Waals surface area contributed by atoms with Crippen LogP contribution in [-0.4, -0.2) is 23.2 Å². The first-order valence-electron chi connectivity index (χ1n) is 7.49. The van der Waals surface area contributed by atoms with Crippen LogP contribution in [0.25, 0.3) is 0 Å². The van der Waals surface area contributed by atoms with E-state index in [2.05, 4.69) is 10.2 Å². The van der Waals surface area contributed by atoms with E-state index in [-0.39, 0.29) is 16.5 Å². The number of hydrogen-bond acceptors (Lipinski definition) is 5. The Kier molecular flexibility index (Phi) is 5.19. The van der Waals surface area contributed by atoms with Crippen LogP contribution in [0.2, 0.25) is 0 Å².